The molecule has 0 atom stereocenters. The Balaban J connectivity index is 1.58. The van der Waals surface area contributed by atoms with Crippen LogP contribution in [0.15, 0.2) is 55.1 Å². The third-order valence-corrected chi connectivity index (χ3v) is 6.35. The third kappa shape index (κ3) is 4.75. The van der Waals surface area contributed by atoms with E-state index in [-0.39, 0.29) is 12.3 Å². The topological polar surface area (TPSA) is 69.5 Å². The summed E-state index contributed by atoms with van der Waals surface area (Å²) < 4.78 is 13.8. The lowest BCUT2D eigenvalue weighted by molar-refractivity contribution is -0.118. The van der Waals surface area contributed by atoms with E-state index in [1.54, 1.807) is 43.0 Å². The van der Waals surface area contributed by atoms with Crippen molar-refractivity contribution >= 4 is 32.6 Å². The molecule has 2 aromatic carbocycles. The van der Waals surface area contributed by atoms with E-state index in [4.69, 9.17) is 14.5 Å². The maximum absolute atomic E-state index is 13.4. The number of rotatable bonds is 9. The van der Waals surface area contributed by atoms with Gasteiger partial charge in [0.25, 0.3) is 0 Å². The number of ether oxygens (including phenoxy) is 2. The van der Waals surface area contributed by atoms with Crippen molar-refractivity contribution in [2.45, 2.75) is 26.3 Å². The summed E-state index contributed by atoms with van der Waals surface area (Å²) >= 11 is 1.55. The SMILES string of the molecule is COc1ccc(CC(=O)N(CCCn2ccnc2)c2nc3c(C)cccc3s2)cc1OC. The molecule has 1 amide bonds. The minimum absolute atomic E-state index is 0.000407. The van der Waals surface area contributed by atoms with Crippen molar-refractivity contribution in [3.8, 4) is 11.5 Å². The van der Waals surface area contributed by atoms with Gasteiger partial charge < -0.3 is 14.0 Å². The zero-order valence-corrected chi connectivity index (χ0v) is 19.3. The van der Waals surface area contributed by atoms with Crippen LogP contribution in [0.25, 0.3) is 10.2 Å². The van der Waals surface area contributed by atoms with Crippen molar-refractivity contribution in [1.82, 2.24) is 14.5 Å². The third-order valence-electron chi connectivity index (χ3n) is 5.30. The fourth-order valence-corrected chi connectivity index (χ4v) is 4.69. The molecular weight excluding hydrogens is 424 g/mol. The fourth-order valence-electron chi connectivity index (χ4n) is 3.61. The highest BCUT2D eigenvalue weighted by Crippen LogP contribution is 2.32. The Labute approximate surface area is 191 Å². The molecule has 0 aliphatic rings. The predicted molar refractivity (Wildman–Crippen MR) is 127 cm³/mol. The zero-order valence-electron chi connectivity index (χ0n) is 18.4. The average Bonchev–Trinajstić information content (AvgIpc) is 3.47. The Hall–Kier alpha value is -3.39. The number of hydrogen-bond donors (Lipinski definition) is 0. The number of benzene rings is 2. The molecule has 4 aromatic rings. The number of para-hydroxylation sites is 1. The van der Waals surface area contributed by atoms with E-state index in [1.807, 2.05) is 54.1 Å². The number of hydrogen-bond acceptors (Lipinski definition) is 6. The Morgan fingerprint density at radius 2 is 2.00 bits per heavy atom. The van der Waals surface area contributed by atoms with Crippen LogP contribution in [0.1, 0.15) is 17.5 Å². The molecule has 0 aliphatic heterocycles. The second kappa shape index (κ2) is 9.82. The second-order valence-electron chi connectivity index (χ2n) is 7.48. The van der Waals surface area contributed by atoms with Crippen LogP contribution in [-0.4, -0.2) is 41.2 Å². The fraction of sp³-hybridized carbons (Fsp3) is 0.292. The molecule has 4 rings (SSSR count). The molecule has 7 nitrogen and oxygen atoms in total. The van der Waals surface area contributed by atoms with Gasteiger partial charge in [-0.2, -0.15) is 0 Å². The highest BCUT2D eigenvalue weighted by molar-refractivity contribution is 7.22. The maximum Gasteiger partial charge on any atom is 0.233 e. The first-order valence-electron chi connectivity index (χ1n) is 10.4. The van der Waals surface area contributed by atoms with Gasteiger partial charge in [-0.1, -0.05) is 29.5 Å². The molecular formula is C24H26N4O3S. The van der Waals surface area contributed by atoms with E-state index in [0.29, 0.717) is 18.0 Å². The van der Waals surface area contributed by atoms with Gasteiger partial charge in [-0.15, -0.1) is 0 Å². The summed E-state index contributed by atoms with van der Waals surface area (Å²) in [4.78, 5) is 24.1. The first-order chi connectivity index (χ1) is 15.6. The Morgan fingerprint density at radius 1 is 1.16 bits per heavy atom. The molecule has 0 aliphatic carbocycles. The predicted octanol–water partition coefficient (Wildman–Crippen LogP) is 4.48. The van der Waals surface area contributed by atoms with Gasteiger partial charge in [0.2, 0.25) is 5.91 Å². The van der Waals surface area contributed by atoms with Crippen molar-refractivity contribution in [2.24, 2.45) is 0 Å². The summed E-state index contributed by atoms with van der Waals surface area (Å²) in [6.07, 6.45) is 6.52. The lowest BCUT2D eigenvalue weighted by Crippen LogP contribution is -2.33. The van der Waals surface area contributed by atoms with Gasteiger partial charge in [-0.3, -0.25) is 9.69 Å². The van der Waals surface area contributed by atoms with Crippen molar-refractivity contribution in [1.29, 1.82) is 0 Å². The first kappa shape index (κ1) is 21.8. The molecule has 8 heteroatoms. The summed E-state index contributed by atoms with van der Waals surface area (Å²) in [7, 11) is 3.19. The molecule has 0 bridgehead atoms. The number of anilines is 1. The number of amides is 1. The molecule has 2 aromatic heterocycles. The van der Waals surface area contributed by atoms with E-state index in [0.717, 1.165) is 39.4 Å². The van der Waals surface area contributed by atoms with Gasteiger partial charge in [0.15, 0.2) is 16.6 Å². The van der Waals surface area contributed by atoms with Crippen molar-refractivity contribution in [2.75, 3.05) is 25.7 Å². The summed E-state index contributed by atoms with van der Waals surface area (Å²) in [5, 5.41) is 0.727. The van der Waals surface area contributed by atoms with Crippen LogP contribution in [-0.2, 0) is 17.8 Å². The van der Waals surface area contributed by atoms with Crippen molar-refractivity contribution < 1.29 is 14.3 Å². The quantitative estimate of drug-likeness (QED) is 0.376. The zero-order chi connectivity index (χ0) is 22.5. The number of carbonyl (C=O) groups is 1. The number of aryl methyl sites for hydroxylation is 2. The average molecular weight is 451 g/mol. The molecule has 0 unspecified atom stereocenters. The minimum Gasteiger partial charge on any atom is -0.493 e. The summed E-state index contributed by atoms with van der Waals surface area (Å²) in [5.74, 6) is 1.25. The van der Waals surface area contributed by atoms with E-state index in [2.05, 4.69) is 4.98 Å². The highest BCUT2D eigenvalue weighted by atomic mass is 32.1. The van der Waals surface area contributed by atoms with Crippen LogP contribution in [0, 0.1) is 6.92 Å². The number of aromatic nitrogens is 3. The Kier molecular flexibility index (Phi) is 6.70. The van der Waals surface area contributed by atoms with Crippen molar-refractivity contribution in [3.05, 3.63) is 66.2 Å². The molecule has 2 heterocycles. The standard InChI is InChI=1S/C24H26N4O3S/c1-17-6-4-7-21-23(17)26-24(32-21)28(12-5-11-27-13-10-25-16-27)22(29)15-18-8-9-19(30-2)20(14-18)31-3/h4,6-10,13-14,16H,5,11-12,15H2,1-3H3. The second-order valence-corrected chi connectivity index (χ2v) is 8.49. The Morgan fingerprint density at radius 3 is 2.72 bits per heavy atom. The maximum atomic E-state index is 13.4. The molecule has 0 radical (unpaired) electrons. The molecule has 0 fully saturated rings. The number of carbonyl (C=O) groups excluding carboxylic acids is 1. The molecule has 0 N–H and O–H groups in total. The van der Waals surface area contributed by atoms with Crippen LogP contribution >= 0.6 is 11.3 Å². The highest BCUT2D eigenvalue weighted by Gasteiger charge is 2.21. The van der Waals surface area contributed by atoms with E-state index in [1.165, 1.54) is 0 Å². The summed E-state index contributed by atoms with van der Waals surface area (Å²) in [5.41, 5.74) is 2.92. The Bertz CT molecular complexity index is 1200. The van der Waals surface area contributed by atoms with Crippen LogP contribution < -0.4 is 14.4 Å². The molecule has 0 saturated heterocycles. The smallest absolute Gasteiger partial charge is 0.233 e. The van der Waals surface area contributed by atoms with Gasteiger partial charge in [0, 0.05) is 25.5 Å². The van der Waals surface area contributed by atoms with Crippen LogP contribution in [0.4, 0.5) is 5.13 Å². The monoisotopic (exact) mass is 450 g/mol. The van der Waals surface area contributed by atoms with Gasteiger partial charge in [-0.25, -0.2) is 9.97 Å². The van der Waals surface area contributed by atoms with Gasteiger partial charge in [0.05, 0.1) is 37.2 Å². The summed E-state index contributed by atoms with van der Waals surface area (Å²) in [6.45, 7) is 3.40. The minimum atomic E-state index is -0.000407. The number of methoxy groups -OCH3 is 2. The number of fused-ring (bicyclic) bond motifs is 1. The van der Waals surface area contributed by atoms with Gasteiger partial charge in [0.1, 0.15) is 0 Å². The molecule has 166 valence electrons. The van der Waals surface area contributed by atoms with Crippen LogP contribution in [0.5, 0.6) is 11.5 Å². The first-order valence-corrected chi connectivity index (χ1v) is 11.2. The van der Waals surface area contributed by atoms with Crippen LogP contribution in [0.3, 0.4) is 0 Å². The largest absolute Gasteiger partial charge is 0.493 e. The van der Waals surface area contributed by atoms with E-state index >= 15 is 0 Å². The number of thiazole rings is 1. The lowest BCUT2D eigenvalue weighted by Gasteiger charge is -2.20. The normalized spacial score (nSPS) is 11.0. The van der Waals surface area contributed by atoms with Crippen LogP contribution in [0.2, 0.25) is 0 Å². The molecule has 32 heavy (non-hydrogen) atoms. The van der Waals surface area contributed by atoms with Gasteiger partial charge in [-0.05, 0) is 42.7 Å². The van der Waals surface area contributed by atoms with E-state index in [9.17, 15) is 4.79 Å². The lowest BCUT2D eigenvalue weighted by atomic mass is 10.1. The number of imidazole rings is 1. The summed E-state index contributed by atoms with van der Waals surface area (Å²) in [6, 6.07) is 11.7. The van der Waals surface area contributed by atoms with E-state index < -0.39 is 0 Å². The van der Waals surface area contributed by atoms with Gasteiger partial charge >= 0.3 is 0 Å². The molecule has 0 saturated carbocycles. The number of nitrogens with zero attached hydrogens (tertiary/aromatic N) is 4. The van der Waals surface area contributed by atoms with Crippen molar-refractivity contribution in [3.63, 3.8) is 0 Å². The molecule has 0 spiro atoms.